The first-order chi connectivity index (χ1) is 17.3. The van der Waals surface area contributed by atoms with Gasteiger partial charge in [-0.15, -0.1) is 0 Å². The Balaban J connectivity index is 1.38. The summed E-state index contributed by atoms with van der Waals surface area (Å²) in [6.45, 7) is -1.33. The van der Waals surface area contributed by atoms with E-state index in [1.165, 1.54) is 24.3 Å². The van der Waals surface area contributed by atoms with Crippen molar-refractivity contribution in [2.75, 3.05) is 26.2 Å². The summed E-state index contributed by atoms with van der Waals surface area (Å²) in [6, 6.07) is 16.7. The zero-order valence-electron chi connectivity index (χ0n) is 20.1. The van der Waals surface area contributed by atoms with E-state index in [4.69, 9.17) is 0 Å². The summed E-state index contributed by atoms with van der Waals surface area (Å²) in [4.78, 5) is 28.4. The lowest BCUT2D eigenvalue weighted by molar-refractivity contribution is -0.148. The van der Waals surface area contributed by atoms with E-state index in [9.17, 15) is 28.6 Å². The fourth-order valence-corrected chi connectivity index (χ4v) is 5.42. The van der Waals surface area contributed by atoms with Crippen molar-refractivity contribution in [1.29, 1.82) is 0 Å². The van der Waals surface area contributed by atoms with Gasteiger partial charge in [-0.05, 0) is 37.8 Å². The molecule has 194 valence electrons. The average Bonchev–Trinajstić information content (AvgIpc) is 3.14. The number of fused-ring (bicyclic) bond motifs is 2. The van der Waals surface area contributed by atoms with Gasteiger partial charge in [0.25, 0.3) is 17.7 Å². The zero-order chi connectivity index (χ0) is 25.7. The molecule has 0 aliphatic carbocycles. The molecule has 0 saturated carbocycles. The predicted molar refractivity (Wildman–Crippen MR) is 130 cm³/mol. The Morgan fingerprint density at radius 1 is 1.03 bits per heavy atom. The van der Waals surface area contributed by atoms with Gasteiger partial charge in [0.2, 0.25) is 0 Å². The number of hydrogen-bond acceptors (Lipinski definition) is 5. The molecule has 2 aliphatic rings. The van der Waals surface area contributed by atoms with Crippen LogP contribution in [0.25, 0.3) is 0 Å². The van der Waals surface area contributed by atoms with E-state index in [0.717, 1.165) is 30.6 Å². The third kappa shape index (κ3) is 6.08. The first-order valence-electron chi connectivity index (χ1n) is 12.4. The van der Waals surface area contributed by atoms with Crippen molar-refractivity contribution in [2.45, 2.75) is 55.8 Å². The van der Waals surface area contributed by atoms with Crippen LogP contribution in [-0.2, 0) is 10.7 Å². The molecule has 3 N–H and O–H groups in total. The van der Waals surface area contributed by atoms with Crippen molar-refractivity contribution >= 4 is 11.8 Å². The number of hydrogen-bond donors (Lipinski definition) is 3. The monoisotopic (exact) mass is 501 g/mol. The summed E-state index contributed by atoms with van der Waals surface area (Å²) in [5.41, 5.74) is 0.402. The van der Waals surface area contributed by atoms with E-state index in [2.05, 4.69) is 10.2 Å². The fraction of sp³-hybridized carbons (Fsp3) is 0.481. The number of aliphatic hydroxyl groups is 2. The van der Waals surface area contributed by atoms with E-state index >= 15 is 0 Å². The third-order valence-corrected chi connectivity index (χ3v) is 7.24. The summed E-state index contributed by atoms with van der Waals surface area (Å²) in [5, 5.41) is 22.2. The van der Waals surface area contributed by atoms with Crippen molar-refractivity contribution in [1.82, 2.24) is 15.1 Å². The summed E-state index contributed by atoms with van der Waals surface area (Å²) in [6.07, 6.45) is 1.64. The van der Waals surface area contributed by atoms with Gasteiger partial charge in [-0.2, -0.15) is 8.78 Å². The minimum absolute atomic E-state index is 0.00631. The molecule has 0 aromatic heterocycles. The zero-order valence-corrected chi connectivity index (χ0v) is 20.1. The largest absolute Gasteiger partial charge is 0.393 e. The Kier molecular flexibility index (Phi) is 8.33. The van der Waals surface area contributed by atoms with Crippen LogP contribution in [-0.4, -0.2) is 82.3 Å². The molecule has 2 heterocycles. The number of benzene rings is 2. The van der Waals surface area contributed by atoms with Crippen LogP contribution in [0.4, 0.5) is 8.78 Å². The van der Waals surface area contributed by atoms with Crippen molar-refractivity contribution < 1.29 is 28.6 Å². The van der Waals surface area contributed by atoms with E-state index in [1.54, 1.807) is 18.2 Å². The van der Waals surface area contributed by atoms with Crippen molar-refractivity contribution in [2.24, 2.45) is 0 Å². The maximum Gasteiger partial charge on any atom is 0.290 e. The molecule has 0 radical (unpaired) electrons. The maximum absolute atomic E-state index is 15.0. The van der Waals surface area contributed by atoms with E-state index in [-0.39, 0.29) is 36.1 Å². The number of carbonyl (C=O) groups is 2. The van der Waals surface area contributed by atoms with Gasteiger partial charge in [-0.3, -0.25) is 14.5 Å². The number of carbonyl (C=O) groups excluding carboxylic acids is 2. The Morgan fingerprint density at radius 2 is 1.61 bits per heavy atom. The van der Waals surface area contributed by atoms with Gasteiger partial charge < -0.3 is 20.4 Å². The number of alkyl halides is 2. The molecular formula is C27H33F2N3O4. The normalized spacial score (nSPS) is 22.7. The van der Waals surface area contributed by atoms with Crippen LogP contribution in [0.1, 0.15) is 41.6 Å². The number of rotatable bonds is 10. The van der Waals surface area contributed by atoms with Crippen LogP contribution in [0.3, 0.4) is 0 Å². The number of amides is 2. The molecule has 2 aromatic carbocycles. The van der Waals surface area contributed by atoms with Crippen LogP contribution < -0.4 is 5.32 Å². The Hall–Kier alpha value is -2.88. The lowest BCUT2D eigenvalue weighted by Crippen LogP contribution is -2.54. The van der Waals surface area contributed by atoms with E-state index < -0.39 is 31.1 Å². The molecule has 7 nitrogen and oxygen atoms in total. The van der Waals surface area contributed by atoms with Gasteiger partial charge in [-0.1, -0.05) is 48.5 Å². The lowest BCUT2D eigenvalue weighted by atomic mass is 9.96. The van der Waals surface area contributed by atoms with Gasteiger partial charge >= 0.3 is 0 Å². The Labute approximate surface area is 209 Å². The highest BCUT2D eigenvalue weighted by molar-refractivity contribution is 5.94. The number of aliphatic hydroxyl groups excluding tert-OH is 2. The highest BCUT2D eigenvalue weighted by atomic mass is 19.3. The van der Waals surface area contributed by atoms with Gasteiger partial charge in [0.05, 0.1) is 13.2 Å². The fourth-order valence-electron chi connectivity index (χ4n) is 5.42. The molecule has 2 fully saturated rings. The van der Waals surface area contributed by atoms with Crippen molar-refractivity contribution in [3.05, 3.63) is 71.8 Å². The standard InChI is InChI=1S/C27H33F2N3O4/c28-27(29,20-9-5-2-6-10-20)18-31(26(36)24(34)17-33)13-14-32-22-11-12-23(32)16-21(15-22)30-25(35)19-7-3-1-4-8-19/h1-10,21-24,33-34H,11-18H2,(H,30,35)/t21?,22?,23?,24-/m0/s1. The SMILES string of the molecule is O=C(NC1CC2CCC(C1)N2CCN(CC(F)(F)c1ccccc1)C(=O)[C@@H](O)CO)c1ccccc1. The molecule has 9 heteroatoms. The number of nitrogens with zero attached hydrogens (tertiary/aromatic N) is 2. The third-order valence-electron chi connectivity index (χ3n) is 7.24. The highest BCUT2D eigenvalue weighted by Gasteiger charge is 2.42. The molecule has 4 rings (SSSR count). The van der Waals surface area contributed by atoms with Crippen molar-refractivity contribution in [3.63, 3.8) is 0 Å². The lowest BCUT2D eigenvalue weighted by Gasteiger charge is -2.40. The number of halogens is 2. The molecule has 2 unspecified atom stereocenters. The minimum Gasteiger partial charge on any atom is -0.393 e. The molecule has 2 aliphatic heterocycles. The summed E-state index contributed by atoms with van der Waals surface area (Å²) < 4.78 is 30.0. The molecule has 2 saturated heterocycles. The second kappa shape index (κ2) is 11.5. The van der Waals surface area contributed by atoms with Gasteiger partial charge in [0.15, 0.2) is 6.10 Å². The molecule has 36 heavy (non-hydrogen) atoms. The topological polar surface area (TPSA) is 93.1 Å². The highest BCUT2D eigenvalue weighted by Crippen LogP contribution is 2.36. The first-order valence-corrected chi connectivity index (χ1v) is 12.4. The molecular weight excluding hydrogens is 468 g/mol. The van der Waals surface area contributed by atoms with Crippen LogP contribution in [0, 0.1) is 0 Å². The second-order valence-electron chi connectivity index (χ2n) is 9.66. The van der Waals surface area contributed by atoms with Gasteiger partial charge in [0, 0.05) is 42.3 Å². The van der Waals surface area contributed by atoms with Gasteiger partial charge in [0.1, 0.15) is 0 Å². The van der Waals surface area contributed by atoms with Crippen LogP contribution in [0.15, 0.2) is 60.7 Å². The smallest absolute Gasteiger partial charge is 0.290 e. The van der Waals surface area contributed by atoms with Crippen LogP contribution >= 0.6 is 0 Å². The number of piperidine rings is 1. The maximum atomic E-state index is 15.0. The molecule has 2 aromatic rings. The molecule has 0 spiro atoms. The van der Waals surface area contributed by atoms with E-state index in [1.807, 2.05) is 18.2 Å². The summed E-state index contributed by atoms with van der Waals surface area (Å²) in [5.74, 6) is -4.32. The summed E-state index contributed by atoms with van der Waals surface area (Å²) >= 11 is 0. The van der Waals surface area contributed by atoms with Gasteiger partial charge in [-0.25, -0.2) is 0 Å². The minimum atomic E-state index is -3.31. The molecule has 3 atom stereocenters. The predicted octanol–water partition coefficient (Wildman–Crippen LogP) is 2.39. The first kappa shape index (κ1) is 26.2. The Morgan fingerprint density at radius 3 is 2.19 bits per heavy atom. The second-order valence-corrected chi connectivity index (χ2v) is 9.66. The van der Waals surface area contributed by atoms with Crippen molar-refractivity contribution in [3.8, 4) is 0 Å². The number of nitrogens with one attached hydrogen (secondary N) is 1. The van der Waals surface area contributed by atoms with E-state index in [0.29, 0.717) is 12.1 Å². The summed E-state index contributed by atoms with van der Waals surface area (Å²) in [7, 11) is 0. The quantitative estimate of drug-likeness (QED) is 0.465. The van der Waals surface area contributed by atoms with Crippen LogP contribution in [0.2, 0.25) is 0 Å². The molecule has 2 bridgehead atoms. The molecule has 2 amide bonds. The average molecular weight is 502 g/mol. The van der Waals surface area contributed by atoms with Crippen LogP contribution in [0.5, 0.6) is 0 Å². The Bertz CT molecular complexity index is 1010.